The van der Waals surface area contributed by atoms with Gasteiger partial charge in [0.2, 0.25) is 0 Å². The molecule has 3 aromatic rings. The molecule has 0 aromatic heterocycles. The third-order valence-corrected chi connectivity index (χ3v) is 4.40. The van der Waals surface area contributed by atoms with Gasteiger partial charge < -0.3 is 0 Å². The normalized spacial score (nSPS) is 11.4. The molecule has 0 amide bonds. The van der Waals surface area contributed by atoms with E-state index in [-0.39, 0.29) is 5.92 Å². The monoisotopic (exact) mass is 322 g/mol. The number of terminal acetylenes is 1. The Labute approximate surface area is 150 Å². The molecule has 0 fully saturated rings. The van der Waals surface area contributed by atoms with Crippen LogP contribution >= 0.6 is 0 Å². The lowest BCUT2D eigenvalue weighted by Crippen LogP contribution is -1.96. The van der Waals surface area contributed by atoms with E-state index >= 15 is 0 Å². The highest BCUT2D eigenvalue weighted by molar-refractivity contribution is 5.81. The van der Waals surface area contributed by atoms with Gasteiger partial charge in [0.25, 0.3) is 0 Å². The van der Waals surface area contributed by atoms with Crippen LogP contribution in [-0.2, 0) is 0 Å². The average Bonchev–Trinajstić information content (AvgIpc) is 2.65. The fourth-order valence-electron chi connectivity index (χ4n) is 2.89. The van der Waals surface area contributed by atoms with Crippen molar-refractivity contribution in [3.05, 3.63) is 113 Å². The van der Waals surface area contributed by atoms with Crippen molar-refractivity contribution in [1.82, 2.24) is 0 Å². The summed E-state index contributed by atoms with van der Waals surface area (Å²) in [5.41, 5.74) is 7.19. The molecule has 0 aliphatic carbocycles. The van der Waals surface area contributed by atoms with Gasteiger partial charge in [0, 0.05) is 0 Å². The van der Waals surface area contributed by atoms with Crippen LogP contribution in [0, 0.1) is 26.2 Å². The summed E-state index contributed by atoms with van der Waals surface area (Å²) in [5.74, 6) is 2.88. The largest absolute Gasteiger partial charge is 0.119 e. The van der Waals surface area contributed by atoms with Crippen molar-refractivity contribution in [2.24, 2.45) is 0 Å². The van der Waals surface area contributed by atoms with Crippen molar-refractivity contribution in [2.75, 3.05) is 0 Å². The van der Waals surface area contributed by atoms with Crippen LogP contribution in [0.3, 0.4) is 0 Å². The second-order valence-electron chi connectivity index (χ2n) is 6.37. The van der Waals surface area contributed by atoms with Gasteiger partial charge in [-0.05, 0) is 36.1 Å². The summed E-state index contributed by atoms with van der Waals surface area (Å²) in [6.07, 6.45) is 8.06. The van der Waals surface area contributed by atoms with Crippen molar-refractivity contribution < 1.29 is 0 Å². The van der Waals surface area contributed by atoms with E-state index < -0.39 is 0 Å². The predicted molar refractivity (Wildman–Crippen MR) is 107 cm³/mol. The zero-order valence-electron chi connectivity index (χ0n) is 14.7. The van der Waals surface area contributed by atoms with Crippen molar-refractivity contribution in [2.45, 2.75) is 19.8 Å². The number of allylic oxidation sites excluding steroid dienone is 1. The number of hydrogen-bond acceptors (Lipinski definition) is 0. The maximum atomic E-state index is 5.86. The molecule has 0 nitrogen and oxygen atoms in total. The second kappa shape index (κ2) is 7.69. The Kier molecular flexibility index (Phi) is 5.17. The molecule has 0 N–H and O–H groups in total. The first kappa shape index (κ1) is 16.8. The van der Waals surface area contributed by atoms with E-state index in [0.29, 0.717) is 0 Å². The van der Waals surface area contributed by atoms with Gasteiger partial charge in [0.05, 0.1) is 5.92 Å². The molecule has 0 aliphatic rings. The zero-order chi connectivity index (χ0) is 17.6. The Morgan fingerprint density at radius 1 is 0.760 bits per heavy atom. The molecule has 122 valence electrons. The van der Waals surface area contributed by atoms with Crippen LogP contribution in [0.5, 0.6) is 0 Å². The molecule has 1 unspecified atom stereocenters. The van der Waals surface area contributed by atoms with E-state index in [0.717, 1.165) is 5.56 Å². The lowest BCUT2D eigenvalue weighted by atomic mass is 9.90. The van der Waals surface area contributed by atoms with E-state index in [1.165, 1.54) is 27.8 Å². The van der Waals surface area contributed by atoms with E-state index in [4.69, 9.17) is 6.42 Å². The van der Waals surface area contributed by atoms with Crippen LogP contribution in [0.2, 0.25) is 0 Å². The first-order valence-corrected chi connectivity index (χ1v) is 8.54. The highest BCUT2D eigenvalue weighted by atomic mass is 14.1. The minimum absolute atomic E-state index is 0.0567. The van der Waals surface area contributed by atoms with E-state index in [2.05, 4.69) is 86.5 Å². The molecular weight excluding hydrogens is 300 g/mol. The summed E-state index contributed by atoms with van der Waals surface area (Å²) in [6.45, 7) is 4.21. The highest BCUT2D eigenvalue weighted by Gasteiger charge is 2.10. The smallest absolute Gasteiger partial charge is 0.0639 e. The molecule has 0 heteroatoms. The van der Waals surface area contributed by atoms with Gasteiger partial charge in [-0.25, -0.2) is 0 Å². The maximum absolute atomic E-state index is 5.86. The van der Waals surface area contributed by atoms with E-state index in [1.807, 2.05) is 18.2 Å². The topological polar surface area (TPSA) is 0 Å². The molecule has 0 saturated heterocycles. The average molecular weight is 322 g/mol. The van der Waals surface area contributed by atoms with Crippen LogP contribution in [0.1, 0.15) is 33.7 Å². The standard InChI is InChI=1S/C25H22/c1-4-21(22-8-6-5-7-9-22)18-25(23-14-10-19(2)11-15-23)24-16-12-20(3)13-17-24/h1,5-18,21H,2-3H3. The number of aryl methyl sites for hydroxylation is 2. The van der Waals surface area contributed by atoms with Gasteiger partial charge >= 0.3 is 0 Å². The molecule has 3 rings (SSSR count). The van der Waals surface area contributed by atoms with Crippen LogP contribution in [-0.4, -0.2) is 0 Å². The molecular formula is C25H22. The Balaban J connectivity index is 2.11. The number of rotatable bonds is 4. The van der Waals surface area contributed by atoms with Crippen molar-refractivity contribution in [3.63, 3.8) is 0 Å². The van der Waals surface area contributed by atoms with Gasteiger partial charge in [0.15, 0.2) is 0 Å². The summed E-state index contributed by atoms with van der Waals surface area (Å²) in [6, 6.07) is 27.5. The molecule has 0 radical (unpaired) electrons. The summed E-state index contributed by atoms with van der Waals surface area (Å²) in [4.78, 5) is 0. The van der Waals surface area contributed by atoms with Crippen LogP contribution < -0.4 is 0 Å². The molecule has 0 saturated carbocycles. The molecule has 3 aromatic carbocycles. The number of hydrogen-bond donors (Lipinski definition) is 0. The third kappa shape index (κ3) is 4.08. The zero-order valence-corrected chi connectivity index (χ0v) is 14.7. The summed E-state index contributed by atoms with van der Waals surface area (Å²) in [5, 5.41) is 0. The second-order valence-corrected chi connectivity index (χ2v) is 6.37. The predicted octanol–water partition coefficient (Wildman–Crippen LogP) is 6.15. The van der Waals surface area contributed by atoms with Crippen LogP contribution in [0.25, 0.3) is 5.57 Å². The fourth-order valence-corrected chi connectivity index (χ4v) is 2.89. The van der Waals surface area contributed by atoms with Gasteiger partial charge in [-0.15, -0.1) is 6.42 Å². The van der Waals surface area contributed by atoms with E-state index in [9.17, 15) is 0 Å². The molecule has 25 heavy (non-hydrogen) atoms. The van der Waals surface area contributed by atoms with Crippen molar-refractivity contribution in [3.8, 4) is 12.3 Å². The SMILES string of the molecule is C#CC(C=C(c1ccc(C)cc1)c1ccc(C)cc1)c1ccccc1. The maximum Gasteiger partial charge on any atom is 0.0639 e. The summed E-state index contributed by atoms with van der Waals surface area (Å²) >= 11 is 0. The Bertz CT molecular complexity index is 842. The van der Waals surface area contributed by atoms with Crippen molar-refractivity contribution in [1.29, 1.82) is 0 Å². The molecule has 1 atom stereocenters. The molecule has 0 spiro atoms. The van der Waals surface area contributed by atoms with Crippen LogP contribution in [0.15, 0.2) is 84.9 Å². The van der Waals surface area contributed by atoms with Gasteiger partial charge in [-0.3, -0.25) is 0 Å². The van der Waals surface area contributed by atoms with Gasteiger partial charge in [0.1, 0.15) is 0 Å². The van der Waals surface area contributed by atoms with Crippen LogP contribution in [0.4, 0.5) is 0 Å². The van der Waals surface area contributed by atoms with E-state index in [1.54, 1.807) is 0 Å². The fraction of sp³-hybridized carbons (Fsp3) is 0.120. The molecule has 0 aliphatic heterocycles. The quantitative estimate of drug-likeness (QED) is 0.505. The molecule has 0 heterocycles. The highest BCUT2D eigenvalue weighted by Crippen LogP contribution is 2.29. The Morgan fingerprint density at radius 3 is 1.68 bits per heavy atom. The summed E-state index contributed by atoms with van der Waals surface area (Å²) < 4.78 is 0. The lowest BCUT2D eigenvalue weighted by Gasteiger charge is -2.13. The molecule has 0 bridgehead atoms. The van der Waals surface area contributed by atoms with Gasteiger partial charge in [-0.2, -0.15) is 0 Å². The van der Waals surface area contributed by atoms with Gasteiger partial charge in [-0.1, -0.05) is 102 Å². The summed E-state index contributed by atoms with van der Waals surface area (Å²) in [7, 11) is 0. The first-order chi connectivity index (χ1) is 12.2. The minimum atomic E-state index is -0.0567. The van der Waals surface area contributed by atoms with Crippen molar-refractivity contribution >= 4 is 5.57 Å². The third-order valence-electron chi connectivity index (χ3n) is 4.40. The number of benzene rings is 3. The Morgan fingerprint density at radius 2 is 1.24 bits per heavy atom. The first-order valence-electron chi connectivity index (χ1n) is 8.54. The minimum Gasteiger partial charge on any atom is -0.119 e. The Hall–Kier alpha value is -3.04. The lowest BCUT2D eigenvalue weighted by molar-refractivity contribution is 1.13.